The van der Waals surface area contributed by atoms with E-state index in [1.807, 2.05) is 43.3 Å². The Bertz CT molecular complexity index is 1010. The normalized spacial score (nSPS) is 10.8. The van der Waals surface area contributed by atoms with Gasteiger partial charge in [0.1, 0.15) is 0 Å². The molecule has 0 unspecified atom stereocenters. The molecule has 146 valence electrons. The van der Waals surface area contributed by atoms with Crippen molar-refractivity contribution in [3.8, 4) is 11.5 Å². The summed E-state index contributed by atoms with van der Waals surface area (Å²) in [6.07, 6.45) is 0.318. The summed E-state index contributed by atoms with van der Waals surface area (Å²) >= 11 is 0. The first kappa shape index (κ1) is 19.7. The molecular weight excluding hydrogens is 352 g/mol. The van der Waals surface area contributed by atoms with Crippen molar-refractivity contribution < 1.29 is 14.3 Å². The van der Waals surface area contributed by atoms with Crippen molar-refractivity contribution in [2.45, 2.75) is 26.8 Å². The summed E-state index contributed by atoms with van der Waals surface area (Å²) in [5.41, 5.74) is 4.87. The summed E-state index contributed by atoms with van der Waals surface area (Å²) in [6.45, 7) is 4.47. The van der Waals surface area contributed by atoms with E-state index < -0.39 is 0 Å². The van der Waals surface area contributed by atoms with Gasteiger partial charge in [-0.05, 0) is 37.1 Å². The largest absolute Gasteiger partial charge is 0.493 e. The van der Waals surface area contributed by atoms with E-state index in [1.165, 1.54) is 0 Å². The molecule has 0 aliphatic carbocycles. The number of hydrogen-bond acceptors (Lipinski definition) is 4. The number of pyridine rings is 1. The second-order valence-electron chi connectivity index (χ2n) is 6.90. The number of benzene rings is 2. The Kier molecular flexibility index (Phi) is 5.83. The lowest BCUT2D eigenvalue weighted by Crippen LogP contribution is -2.28. The van der Waals surface area contributed by atoms with Gasteiger partial charge in [-0.3, -0.25) is 9.78 Å². The van der Waals surface area contributed by atoms with E-state index >= 15 is 0 Å². The fraction of sp³-hybridized carbons (Fsp3) is 0.304. The van der Waals surface area contributed by atoms with Crippen molar-refractivity contribution in [2.24, 2.45) is 0 Å². The number of nitrogens with zero attached hydrogens (tertiary/aromatic N) is 2. The highest BCUT2D eigenvalue weighted by Crippen LogP contribution is 2.31. The monoisotopic (exact) mass is 378 g/mol. The average molecular weight is 378 g/mol. The highest BCUT2D eigenvalue weighted by molar-refractivity contribution is 5.86. The second kappa shape index (κ2) is 8.30. The van der Waals surface area contributed by atoms with Crippen molar-refractivity contribution in [3.63, 3.8) is 0 Å². The van der Waals surface area contributed by atoms with Crippen LogP contribution in [0.15, 0.2) is 42.5 Å². The Hall–Kier alpha value is -3.08. The minimum Gasteiger partial charge on any atom is -0.493 e. The van der Waals surface area contributed by atoms with Crippen LogP contribution in [0.2, 0.25) is 0 Å². The zero-order valence-corrected chi connectivity index (χ0v) is 17.1. The lowest BCUT2D eigenvalue weighted by Gasteiger charge is -2.21. The van der Waals surface area contributed by atoms with Crippen LogP contribution in [-0.2, 0) is 17.8 Å². The average Bonchev–Trinajstić information content (AvgIpc) is 2.70. The zero-order valence-electron chi connectivity index (χ0n) is 17.1. The van der Waals surface area contributed by atoms with Crippen LogP contribution < -0.4 is 9.47 Å². The fourth-order valence-corrected chi connectivity index (χ4v) is 3.54. The third-order valence-electron chi connectivity index (χ3n) is 5.13. The SMILES string of the molecule is COc1cccc(CN(C)C(=O)Cc2c(C)nc3ccccc3c2C)c1OC. The maximum absolute atomic E-state index is 12.9. The van der Waals surface area contributed by atoms with Crippen LogP contribution in [0.3, 0.4) is 0 Å². The number of carbonyl (C=O) groups is 1. The van der Waals surface area contributed by atoms with Gasteiger partial charge < -0.3 is 14.4 Å². The molecule has 0 fully saturated rings. The molecule has 3 aromatic rings. The molecule has 5 nitrogen and oxygen atoms in total. The van der Waals surface area contributed by atoms with Crippen LogP contribution in [-0.4, -0.2) is 37.1 Å². The van der Waals surface area contributed by atoms with E-state index in [-0.39, 0.29) is 5.91 Å². The molecule has 0 radical (unpaired) electrons. The number of aryl methyl sites for hydroxylation is 2. The highest BCUT2D eigenvalue weighted by atomic mass is 16.5. The number of amides is 1. The standard InChI is InChI=1S/C23H26N2O3/c1-15-18-10-6-7-11-20(18)24-16(2)19(15)13-22(26)25(3)14-17-9-8-12-21(27-4)23(17)28-5/h6-12H,13-14H2,1-5H3. The molecule has 3 rings (SSSR count). The van der Waals surface area contributed by atoms with Gasteiger partial charge in [0, 0.05) is 30.2 Å². The van der Waals surface area contributed by atoms with Crippen LogP contribution in [0, 0.1) is 13.8 Å². The number of rotatable bonds is 6. The van der Waals surface area contributed by atoms with Crippen LogP contribution in [0.5, 0.6) is 11.5 Å². The molecule has 28 heavy (non-hydrogen) atoms. The first-order valence-electron chi connectivity index (χ1n) is 9.25. The van der Waals surface area contributed by atoms with Gasteiger partial charge in [-0.1, -0.05) is 30.3 Å². The summed E-state index contributed by atoms with van der Waals surface area (Å²) in [5.74, 6) is 1.35. The van der Waals surface area contributed by atoms with Gasteiger partial charge in [0.05, 0.1) is 26.2 Å². The van der Waals surface area contributed by atoms with E-state index in [0.29, 0.717) is 24.5 Å². The smallest absolute Gasteiger partial charge is 0.227 e. The fourth-order valence-electron chi connectivity index (χ4n) is 3.54. The summed E-state index contributed by atoms with van der Waals surface area (Å²) < 4.78 is 10.8. The number of methoxy groups -OCH3 is 2. The van der Waals surface area contributed by atoms with E-state index in [2.05, 4.69) is 18.0 Å². The Morgan fingerprint density at radius 3 is 2.50 bits per heavy atom. The third-order valence-corrected chi connectivity index (χ3v) is 5.13. The minimum atomic E-state index is 0.0353. The molecule has 0 aliphatic heterocycles. The van der Waals surface area contributed by atoms with Crippen LogP contribution in [0.1, 0.15) is 22.4 Å². The Labute approximate surface area is 165 Å². The Balaban J connectivity index is 1.83. The van der Waals surface area contributed by atoms with Gasteiger partial charge >= 0.3 is 0 Å². The molecule has 2 aromatic carbocycles. The number of ether oxygens (including phenoxy) is 2. The van der Waals surface area contributed by atoms with Crippen molar-refractivity contribution in [1.82, 2.24) is 9.88 Å². The van der Waals surface area contributed by atoms with E-state index in [0.717, 1.165) is 33.3 Å². The van der Waals surface area contributed by atoms with Gasteiger partial charge in [-0.2, -0.15) is 0 Å². The van der Waals surface area contributed by atoms with Crippen molar-refractivity contribution in [1.29, 1.82) is 0 Å². The van der Waals surface area contributed by atoms with Crippen LogP contribution in [0.25, 0.3) is 10.9 Å². The predicted molar refractivity (Wildman–Crippen MR) is 111 cm³/mol. The lowest BCUT2D eigenvalue weighted by atomic mass is 9.99. The molecular formula is C23H26N2O3. The van der Waals surface area contributed by atoms with Gasteiger partial charge in [0.15, 0.2) is 11.5 Å². The molecule has 0 bridgehead atoms. The summed E-state index contributed by atoms with van der Waals surface area (Å²) in [4.78, 5) is 19.3. The first-order valence-corrected chi connectivity index (χ1v) is 9.25. The molecule has 0 atom stereocenters. The van der Waals surface area contributed by atoms with E-state index in [9.17, 15) is 4.79 Å². The number of aromatic nitrogens is 1. The third kappa shape index (κ3) is 3.79. The van der Waals surface area contributed by atoms with Gasteiger partial charge in [0.2, 0.25) is 5.91 Å². The zero-order chi connectivity index (χ0) is 20.3. The second-order valence-corrected chi connectivity index (χ2v) is 6.90. The maximum Gasteiger partial charge on any atom is 0.227 e. The Morgan fingerprint density at radius 2 is 1.79 bits per heavy atom. The minimum absolute atomic E-state index is 0.0353. The van der Waals surface area contributed by atoms with E-state index in [4.69, 9.17) is 9.47 Å². The van der Waals surface area contributed by atoms with Crippen molar-refractivity contribution in [2.75, 3.05) is 21.3 Å². The highest BCUT2D eigenvalue weighted by Gasteiger charge is 2.18. The first-order chi connectivity index (χ1) is 13.5. The molecule has 0 saturated carbocycles. The Morgan fingerprint density at radius 1 is 1.04 bits per heavy atom. The summed E-state index contributed by atoms with van der Waals surface area (Å²) in [6, 6.07) is 13.7. The molecule has 5 heteroatoms. The number of likely N-dealkylation sites (N-methyl/N-ethyl adjacent to an activating group) is 1. The van der Waals surface area contributed by atoms with Gasteiger partial charge in [0.25, 0.3) is 0 Å². The van der Waals surface area contributed by atoms with Crippen LogP contribution in [0.4, 0.5) is 0 Å². The van der Waals surface area contributed by atoms with Crippen LogP contribution >= 0.6 is 0 Å². The molecule has 1 aromatic heterocycles. The molecule has 0 spiro atoms. The van der Waals surface area contributed by atoms with Gasteiger partial charge in [-0.15, -0.1) is 0 Å². The summed E-state index contributed by atoms with van der Waals surface area (Å²) in [7, 11) is 5.02. The number of hydrogen-bond donors (Lipinski definition) is 0. The molecule has 1 heterocycles. The van der Waals surface area contributed by atoms with E-state index in [1.54, 1.807) is 26.2 Å². The quantitative estimate of drug-likeness (QED) is 0.649. The molecule has 0 N–H and O–H groups in total. The van der Waals surface area contributed by atoms with Crippen molar-refractivity contribution >= 4 is 16.8 Å². The lowest BCUT2D eigenvalue weighted by molar-refractivity contribution is -0.129. The number of carbonyl (C=O) groups excluding carboxylic acids is 1. The predicted octanol–water partition coefficient (Wildman–Crippen LogP) is 4.07. The molecule has 0 saturated heterocycles. The van der Waals surface area contributed by atoms with Crippen molar-refractivity contribution in [3.05, 3.63) is 64.8 Å². The summed E-state index contributed by atoms with van der Waals surface area (Å²) in [5, 5.41) is 1.09. The number of fused-ring (bicyclic) bond motifs is 1. The topological polar surface area (TPSA) is 51.7 Å². The maximum atomic E-state index is 12.9. The molecule has 1 amide bonds. The molecule has 0 aliphatic rings. The van der Waals surface area contributed by atoms with Gasteiger partial charge in [-0.25, -0.2) is 0 Å². The number of para-hydroxylation sites is 2.